The van der Waals surface area contributed by atoms with E-state index in [1.807, 2.05) is 20.8 Å². The highest BCUT2D eigenvalue weighted by Crippen LogP contribution is 2.34. The van der Waals surface area contributed by atoms with Gasteiger partial charge in [-0.3, -0.25) is 4.79 Å². The second-order valence-electron chi connectivity index (χ2n) is 7.22. The van der Waals surface area contributed by atoms with Crippen LogP contribution in [-0.2, 0) is 4.79 Å². The number of carbonyl (C=O) groups excluding carboxylic acids is 1. The number of nitrogens with one attached hydrogen (secondary N) is 2. The summed E-state index contributed by atoms with van der Waals surface area (Å²) < 4.78 is 0. The minimum Gasteiger partial charge on any atom is -0.351 e. The fourth-order valence-corrected chi connectivity index (χ4v) is 3.45. The molecule has 2 aliphatic rings. The highest BCUT2D eigenvalue weighted by atomic mass is 16.1. The van der Waals surface area contributed by atoms with E-state index < -0.39 is 0 Å². The Hall–Kier alpha value is -0.610. The van der Waals surface area contributed by atoms with Crippen molar-refractivity contribution in [2.24, 2.45) is 0 Å². The number of nitrogens with zero attached hydrogens (tertiary/aromatic N) is 1. The first-order valence-corrected chi connectivity index (χ1v) is 7.61. The van der Waals surface area contributed by atoms with Crippen molar-refractivity contribution in [1.29, 1.82) is 0 Å². The molecule has 2 fully saturated rings. The maximum atomic E-state index is 11.7. The first-order chi connectivity index (χ1) is 8.85. The van der Waals surface area contributed by atoms with Gasteiger partial charge in [0.2, 0.25) is 5.91 Å². The van der Waals surface area contributed by atoms with Crippen molar-refractivity contribution in [1.82, 2.24) is 15.5 Å². The van der Waals surface area contributed by atoms with E-state index >= 15 is 0 Å². The van der Waals surface area contributed by atoms with Gasteiger partial charge in [0.1, 0.15) is 0 Å². The monoisotopic (exact) mass is 267 g/mol. The van der Waals surface area contributed by atoms with Crippen LogP contribution in [0.2, 0.25) is 0 Å². The van der Waals surface area contributed by atoms with E-state index in [4.69, 9.17) is 0 Å². The number of piperidine rings is 1. The van der Waals surface area contributed by atoms with Gasteiger partial charge in [-0.2, -0.15) is 0 Å². The van der Waals surface area contributed by atoms with Crippen molar-refractivity contribution in [2.45, 2.75) is 76.5 Å². The third-order valence-corrected chi connectivity index (χ3v) is 4.40. The molecule has 19 heavy (non-hydrogen) atoms. The molecule has 0 saturated carbocycles. The van der Waals surface area contributed by atoms with E-state index in [-0.39, 0.29) is 11.4 Å². The summed E-state index contributed by atoms with van der Waals surface area (Å²) in [5.41, 5.74) is -0.121. The first-order valence-electron chi connectivity index (χ1n) is 7.61. The molecule has 0 aliphatic carbocycles. The molecule has 2 heterocycles. The molecule has 2 atom stereocenters. The maximum absolute atomic E-state index is 11.7. The predicted octanol–water partition coefficient (Wildman–Crippen LogP) is 1.51. The fraction of sp³-hybridized carbons (Fsp3) is 0.933. The van der Waals surface area contributed by atoms with Crippen LogP contribution in [0.25, 0.3) is 0 Å². The lowest BCUT2D eigenvalue weighted by Gasteiger charge is -2.36. The Bertz CT molecular complexity index is 310. The zero-order valence-electron chi connectivity index (χ0n) is 12.8. The Morgan fingerprint density at radius 1 is 1.21 bits per heavy atom. The van der Waals surface area contributed by atoms with Crippen LogP contribution in [0.5, 0.6) is 0 Å². The molecule has 2 saturated heterocycles. The van der Waals surface area contributed by atoms with E-state index in [9.17, 15) is 4.79 Å². The Balaban J connectivity index is 1.66. The zero-order chi connectivity index (χ0) is 14.0. The van der Waals surface area contributed by atoms with Crippen molar-refractivity contribution >= 4 is 5.91 Å². The topological polar surface area (TPSA) is 44.4 Å². The molecule has 1 amide bonds. The highest BCUT2D eigenvalue weighted by molar-refractivity contribution is 5.76. The molecule has 4 heteroatoms. The SMILES string of the molecule is CN1C2CCC1CC(NCCC(=O)NC(C)(C)C)C2. The van der Waals surface area contributed by atoms with E-state index in [1.54, 1.807) is 0 Å². The van der Waals surface area contributed by atoms with Crippen molar-refractivity contribution < 1.29 is 4.79 Å². The molecular weight excluding hydrogens is 238 g/mol. The van der Waals surface area contributed by atoms with Gasteiger partial charge in [-0.1, -0.05) is 0 Å². The summed E-state index contributed by atoms with van der Waals surface area (Å²) in [5, 5.41) is 6.58. The average Bonchev–Trinajstić information content (AvgIpc) is 2.49. The van der Waals surface area contributed by atoms with Crippen LogP contribution in [0.3, 0.4) is 0 Å². The first kappa shape index (κ1) is 14.8. The van der Waals surface area contributed by atoms with Crippen LogP contribution in [0.4, 0.5) is 0 Å². The second-order valence-corrected chi connectivity index (χ2v) is 7.22. The largest absolute Gasteiger partial charge is 0.351 e. The van der Waals surface area contributed by atoms with E-state index in [0.29, 0.717) is 12.5 Å². The molecule has 2 unspecified atom stereocenters. The molecular formula is C15H29N3O. The lowest BCUT2D eigenvalue weighted by Crippen LogP contribution is -2.48. The van der Waals surface area contributed by atoms with Crippen LogP contribution in [0, 0.1) is 0 Å². The molecule has 2 aliphatic heterocycles. The molecule has 0 radical (unpaired) electrons. The molecule has 0 spiro atoms. The molecule has 110 valence electrons. The van der Waals surface area contributed by atoms with Gasteiger partial charge in [-0.15, -0.1) is 0 Å². The normalized spacial score (nSPS) is 31.5. The second kappa shape index (κ2) is 5.80. The van der Waals surface area contributed by atoms with Gasteiger partial charge in [0.05, 0.1) is 0 Å². The summed E-state index contributed by atoms with van der Waals surface area (Å²) in [7, 11) is 2.26. The highest BCUT2D eigenvalue weighted by Gasteiger charge is 2.37. The number of carbonyl (C=O) groups is 1. The number of amides is 1. The van der Waals surface area contributed by atoms with Crippen molar-refractivity contribution in [3.8, 4) is 0 Å². The quantitative estimate of drug-likeness (QED) is 0.811. The third-order valence-electron chi connectivity index (χ3n) is 4.40. The Labute approximate surface area is 117 Å². The Morgan fingerprint density at radius 3 is 2.32 bits per heavy atom. The van der Waals surface area contributed by atoms with Gasteiger partial charge < -0.3 is 15.5 Å². The summed E-state index contributed by atoms with van der Waals surface area (Å²) in [5.74, 6) is 0.149. The van der Waals surface area contributed by atoms with Crippen LogP contribution < -0.4 is 10.6 Å². The van der Waals surface area contributed by atoms with Gasteiger partial charge in [0.25, 0.3) is 0 Å². The summed E-state index contributed by atoms with van der Waals surface area (Å²) in [6.07, 6.45) is 5.77. The summed E-state index contributed by atoms with van der Waals surface area (Å²) in [4.78, 5) is 14.3. The van der Waals surface area contributed by atoms with E-state index in [1.165, 1.54) is 25.7 Å². The van der Waals surface area contributed by atoms with Gasteiger partial charge in [0.15, 0.2) is 0 Å². The van der Waals surface area contributed by atoms with Crippen LogP contribution >= 0.6 is 0 Å². The minimum atomic E-state index is -0.121. The van der Waals surface area contributed by atoms with E-state index in [0.717, 1.165) is 18.6 Å². The number of hydrogen-bond donors (Lipinski definition) is 2. The minimum absolute atomic E-state index is 0.121. The molecule has 2 bridgehead atoms. The van der Waals surface area contributed by atoms with Crippen LogP contribution in [0.15, 0.2) is 0 Å². The molecule has 2 N–H and O–H groups in total. The molecule has 0 aromatic heterocycles. The Kier molecular flexibility index (Phi) is 4.51. The van der Waals surface area contributed by atoms with Crippen LogP contribution in [0.1, 0.15) is 52.9 Å². The zero-order valence-corrected chi connectivity index (χ0v) is 12.8. The lowest BCUT2D eigenvalue weighted by molar-refractivity contribution is -0.122. The smallest absolute Gasteiger partial charge is 0.221 e. The van der Waals surface area contributed by atoms with Crippen molar-refractivity contribution in [3.63, 3.8) is 0 Å². The van der Waals surface area contributed by atoms with Crippen molar-refractivity contribution in [3.05, 3.63) is 0 Å². The standard InChI is InChI=1S/C15H29N3O/c1-15(2,3)17-14(19)7-8-16-11-9-12-5-6-13(10-11)18(12)4/h11-13,16H,5-10H2,1-4H3,(H,17,19). The lowest BCUT2D eigenvalue weighted by atomic mass is 9.98. The van der Waals surface area contributed by atoms with Gasteiger partial charge in [-0.25, -0.2) is 0 Å². The average molecular weight is 267 g/mol. The van der Waals surface area contributed by atoms with Crippen LogP contribution in [-0.4, -0.2) is 48.1 Å². The van der Waals surface area contributed by atoms with Gasteiger partial charge in [-0.05, 0) is 53.5 Å². The summed E-state index contributed by atoms with van der Waals surface area (Å²) in [6.45, 7) is 6.86. The maximum Gasteiger partial charge on any atom is 0.221 e. The summed E-state index contributed by atoms with van der Waals surface area (Å²) in [6, 6.07) is 2.13. The van der Waals surface area contributed by atoms with E-state index in [2.05, 4.69) is 22.6 Å². The Morgan fingerprint density at radius 2 is 1.79 bits per heavy atom. The molecule has 2 rings (SSSR count). The molecule has 4 nitrogen and oxygen atoms in total. The molecule has 0 aromatic carbocycles. The number of rotatable bonds is 4. The van der Waals surface area contributed by atoms with Gasteiger partial charge in [0, 0.05) is 36.6 Å². The predicted molar refractivity (Wildman–Crippen MR) is 78.1 cm³/mol. The third kappa shape index (κ3) is 4.18. The van der Waals surface area contributed by atoms with Crippen molar-refractivity contribution in [2.75, 3.05) is 13.6 Å². The number of hydrogen-bond acceptors (Lipinski definition) is 3. The van der Waals surface area contributed by atoms with Gasteiger partial charge >= 0.3 is 0 Å². The fourth-order valence-electron chi connectivity index (χ4n) is 3.45. The summed E-state index contributed by atoms with van der Waals surface area (Å²) >= 11 is 0. The molecule has 0 aromatic rings. The number of fused-ring (bicyclic) bond motifs is 2.